The van der Waals surface area contributed by atoms with Crippen molar-refractivity contribution < 1.29 is 18.0 Å². The average molecular weight is 386 g/mol. The van der Waals surface area contributed by atoms with Crippen molar-refractivity contribution in [1.29, 1.82) is 0 Å². The third-order valence-electron chi connectivity index (χ3n) is 4.94. The molecular formula is C16H23N3O4S2. The molecule has 1 N–H and O–H groups in total. The summed E-state index contributed by atoms with van der Waals surface area (Å²) in [6.07, 6.45) is 1.28. The molecule has 2 aliphatic rings. The minimum absolute atomic E-state index is 0.133. The van der Waals surface area contributed by atoms with Crippen molar-refractivity contribution in [2.75, 3.05) is 26.2 Å². The molecule has 138 valence electrons. The quantitative estimate of drug-likeness (QED) is 0.837. The van der Waals surface area contributed by atoms with Crippen LogP contribution in [0.4, 0.5) is 0 Å². The molecule has 0 bridgehead atoms. The maximum absolute atomic E-state index is 13.0. The number of hydrogen-bond acceptors (Lipinski definition) is 5. The second-order valence-electron chi connectivity index (χ2n) is 6.94. The number of rotatable bonds is 3. The van der Waals surface area contributed by atoms with E-state index >= 15 is 0 Å². The van der Waals surface area contributed by atoms with Crippen molar-refractivity contribution in [3.05, 3.63) is 17.5 Å². The van der Waals surface area contributed by atoms with Gasteiger partial charge in [0.1, 0.15) is 9.75 Å². The van der Waals surface area contributed by atoms with Gasteiger partial charge in [-0.05, 0) is 38.1 Å². The zero-order chi connectivity index (χ0) is 18.2. The zero-order valence-electron chi connectivity index (χ0n) is 14.4. The van der Waals surface area contributed by atoms with E-state index in [9.17, 15) is 18.0 Å². The Morgan fingerprint density at radius 3 is 2.80 bits per heavy atom. The number of thiophene rings is 1. The van der Waals surface area contributed by atoms with Gasteiger partial charge in [0, 0.05) is 26.2 Å². The minimum atomic E-state index is -3.55. The lowest BCUT2D eigenvalue weighted by atomic mass is 9.92. The summed E-state index contributed by atoms with van der Waals surface area (Å²) in [7, 11) is -3.55. The number of carbonyl (C=O) groups excluding carboxylic acids is 2. The van der Waals surface area contributed by atoms with Gasteiger partial charge in [-0.15, -0.1) is 11.3 Å². The molecule has 2 fully saturated rings. The Kier molecular flexibility index (Phi) is 4.91. The number of carbonyl (C=O) groups is 2. The molecular weight excluding hydrogens is 362 g/mol. The van der Waals surface area contributed by atoms with Crippen LogP contribution in [-0.4, -0.2) is 61.2 Å². The first kappa shape index (κ1) is 18.3. The highest BCUT2D eigenvalue weighted by molar-refractivity contribution is 7.91. The predicted molar refractivity (Wildman–Crippen MR) is 94.6 cm³/mol. The number of nitrogens with one attached hydrogen (secondary N) is 1. The van der Waals surface area contributed by atoms with Gasteiger partial charge < -0.3 is 10.2 Å². The first-order valence-electron chi connectivity index (χ1n) is 8.38. The van der Waals surface area contributed by atoms with Crippen LogP contribution in [0.3, 0.4) is 0 Å². The zero-order valence-corrected chi connectivity index (χ0v) is 16.0. The van der Waals surface area contributed by atoms with Gasteiger partial charge >= 0.3 is 0 Å². The lowest BCUT2D eigenvalue weighted by molar-refractivity contribution is -0.152. The maximum Gasteiger partial charge on any atom is 0.252 e. The molecule has 0 spiro atoms. The summed E-state index contributed by atoms with van der Waals surface area (Å²) < 4.78 is 27.1. The van der Waals surface area contributed by atoms with Crippen LogP contribution in [0.1, 0.15) is 26.7 Å². The monoisotopic (exact) mass is 385 g/mol. The fraction of sp³-hybridized carbons (Fsp3) is 0.625. The Balaban J connectivity index is 1.77. The molecule has 3 heterocycles. The number of nitrogens with zero attached hydrogens (tertiary/aromatic N) is 2. The molecule has 7 nitrogen and oxygen atoms in total. The van der Waals surface area contributed by atoms with E-state index < -0.39 is 21.5 Å². The molecule has 0 aliphatic carbocycles. The van der Waals surface area contributed by atoms with Crippen molar-refractivity contribution in [3.8, 4) is 0 Å². The highest BCUT2D eigenvalue weighted by Gasteiger charge is 2.44. The van der Waals surface area contributed by atoms with Crippen LogP contribution in [-0.2, 0) is 19.6 Å². The van der Waals surface area contributed by atoms with Crippen LogP contribution in [0.25, 0.3) is 0 Å². The fourth-order valence-electron chi connectivity index (χ4n) is 3.41. The molecule has 0 aromatic carbocycles. The molecule has 2 aliphatic heterocycles. The molecule has 1 aromatic heterocycles. The third-order valence-corrected chi connectivity index (χ3v) is 8.18. The summed E-state index contributed by atoms with van der Waals surface area (Å²) in [6.45, 7) is 4.93. The van der Waals surface area contributed by atoms with Crippen LogP contribution in [0.2, 0.25) is 0 Å². The minimum Gasteiger partial charge on any atom is -0.352 e. The molecule has 3 rings (SSSR count). The largest absolute Gasteiger partial charge is 0.352 e. The van der Waals surface area contributed by atoms with E-state index in [1.54, 1.807) is 36.3 Å². The standard InChI is InChI=1S/C16H23N3O4S2/c1-16(2)15(21)17-7-9-19(16)14(20)12-5-3-8-18(11-12)25(22,23)13-6-4-10-24-13/h4,6,10,12H,3,5,7-9,11H2,1-2H3,(H,17,21)/t12-/m0/s1. The summed E-state index contributed by atoms with van der Waals surface area (Å²) in [4.78, 5) is 26.7. The summed E-state index contributed by atoms with van der Waals surface area (Å²) in [5.74, 6) is -0.717. The van der Waals surface area contributed by atoms with E-state index in [0.29, 0.717) is 36.7 Å². The molecule has 0 radical (unpaired) electrons. The van der Waals surface area contributed by atoms with Crippen molar-refractivity contribution in [3.63, 3.8) is 0 Å². The molecule has 2 saturated heterocycles. The maximum atomic E-state index is 13.0. The van der Waals surface area contributed by atoms with E-state index in [2.05, 4.69) is 5.32 Å². The van der Waals surface area contributed by atoms with Gasteiger partial charge in [0.25, 0.3) is 10.0 Å². The fourth-order valence-corrected chi connectivity index (χ4v) is 6.07. The second kappa shape index (κ2) is 6.69. The highest BCUT2D eigenvalue weighted by Crippen LogP contribution is 2.29. The number of piperazine rings is 1. The van der Waals surface area contributed by atoms with E-state index in [0.717, 1.165) is 0 Å². The molecule has 0 unspecified atom stereocenters. The summed E-state index contributed by atoms with van der Waals surface area (Å²) in [5.41, 5.74) is -0.912. The Labute approximate surface area is 152 Å². The van der Waals surface area contributed by atoms with Gasteiger partial charge in [0.2, 0.25) is 11.8 Å². The SMILES string of the molecule is CC1(C)C(=O)NCCN1C(=O)[C@H]1CCCN(S(=O)(=O)c2cccs2)C1. The summed E-state index contributed by atoms with van der Waals surface area (Å²) in [6, 6.07) is 3.29. The summed E-state index contributed by atoms with van der Waals surface area (Å²) in [5, 5.41) is 4.50. The van der Waals surface area contributed by atoms with Gasteiger partial charge in [-0.3, -0.25) is 9.59 Å². The Morgan fingerprint density at radius 1 is 1.36 bits per heavy atom. The molecule has 1 aromatic rings. The van der Waals surface area contributed by atoms with Gasteiger partial charge in [0.05, 0.1) is 5.92 Å². The first-order valence-corrected chi connectivity index (χ1v) is 10.7. The summed E-state index contributed by atoms with van der Waals surface area (Å²) >= 11 is 1.18. The Bertz CT molecular complexity index is 758. The van der Waals surface area contributed by atoms with Crippen molar-refractivity contribution >= 4 is 33.2 Å². The Hall–Kier alpha value is -1.45. The lowest BCUT2D eigenvalue weighted by Gasteiger charge is -2.44. The van der Waals surface area contributed by atoms with Crippen LogP contribution < -0.4 is 5.32 Å². The molecule has 9 heteroatoms. The predicted octanol–water partition coefficient (Wildman–Crippen LogP) is 0.886. The average Bonchev–Trinajstić information content (AvgIpc) is 3.12. The normalized spacial score (nSPS) is 24.8. The third kappa shape index (κ3) is 3.32. The van der Waals surface area contributed by atoms with Gasteiger partial charge in [-0.25, -0.2) is 8.42 Å². The van der Waals surface area contributed by atoms with E-state index in [1.807, 2.05) is 0 Å². The van der Waals surface area contributed by atoms with E-state index in [-0.39, 0.29) is 18.4 Å². The molecule has 25 heavy (non-hydrogen) atoms. The number of sulfonamides is 1. The number of piperidine rings is 1. The van der Waals surface area contributed by atoms with Crippen molar-refractivity contribution in [1.82, 2.24) is 14.5 Å². The van der Waals surface area contributed by atoms with Crippen LogP contribution in [0, 0.1) is 5.92 Å². The van der Waals surface area contributed by atoms with E-state index in [1.165, 1.54) is 15.6 Å². The number of hydrogen-bond donors (Lipinski definition) is 1. The topological polar surface area (TPSA) is 86.8 Å². The Morgan fingerprint density at radius 2 is 2.12 bits per heavy atom. The number of amides is 2. The molecule has 2 amide bonds. The lowest BCUT2D eigenvalue weighted by Crippen LogP contribution is -2.65. The molecule has 1 atom stereocenters. The van der Waals surface area contributed by atoms with Crippen LogP contribution >= 0.6 is 11.3 Å². The van der Waals surface area contributed by atoms with Gasteiger partial charge in [-0.2, -0.15) is 4.31 Å². The molecule has 0 saturated carbocycles. The van der Waals surface area contributed by atoms with Crippen LogP contribution in [0.5, 0.6) is 0 Å². The smallest absolute Gasteiger partial charge is 0.252 e. The first-order chi connectivity index (χ1) is 11.7. The van der Waals surface area contributed by atoms with Crippen molar-refractivity contribution in [2.45, 2.75) is 36.4 Å². The second-order valence-corrected chi connectivity index (χ2v) is 10.1. The van der Waals surface area contributed by atoms with Crippen molar-refractivity contribution in [2.24, 2.45) is 5.92 Å². The highest BCUT2D eigenvalue weighted by atomic mass is 32.2. The van der Waals surface area contributed by atoms with E-state index in [4.69, 9.17) is 0 Å². The van der Waals surface area contributed by atoms with Crippen LogP contribution in [0.15, 0.2) is 21.7 Å². The van der Waals surface area contributed by atoms with Gasteiger partial charge in [-0.1, -0.05) is 6.07 Å². The van der Waals surface area contributed by atoms with Gasteiger partial charge in [0.15, 0.2) is 0 Å².